The third kappa shape index (κ3) is 2.10. The first-order valence-corrected chi connectivity index (χ1v) is 5.03. The van der Waals surface area contributed by atoms with Crippen LogP contribution in [-0.4, -0.2) is 4.98 Å². The quantitative estimate of drug-likeness (QED) is 0.589. The summed E-state index contributed by atoms with van der Waals surface area (Å²) in [6.45, 7) is 2.03. The lowest BCUT2D eigenvalue weighted by molar-refractivity contribution is 1.31. The molecule has 0 bridgehead atoms. The van der Waals surface area contributed by atoms with Gasteiger partial charge in [-0.3, -0.25) is 0 Å². The average molecular weight is 219 g/mol. The van der Waals surface area contributed by atoms with E-state index in [4.69, 9.17) is 17.3 Å². The van der Waals surface area contributed by atoms with Crippen LogP contribution in [0, 0.1) is 6.92 Å². The number of aromatic nitrogens is 1. The monoisotopic (exact) mass is 218 g/mol. The van der Waals surface area contributed by atoms with Gasteiger partial charge in [0.1, 0.15) is 5.15 Å². The molecule has 2 aromatic rings. The van der Waals surface area contributed by atoms with E-state index in [2.05, 4.69) is 4.98 Å². The molecule has 0 saturated carbocycles. The summed E-state index contributed by atoms with van der Waals surface area (Å²) < 4.78 is 0. The van der Waals surface area contributed by atoms with Gasteiger partial charge < -0.3 is 5.73 Å². The summed E-state index contributed by atoms with van der Waals surface area (Å²) >= 11 is 5.84. The number of nitrogens with zero attached hydrogens (tertiary/aromatic N) is 1. The van der Waals surface area contributed by atoms with Crippen LogP contribution < -0.4 is 5.73 Å². The normalized spacial score (nSPS) is 10.3. The molecule has 0 spiro atoms. The average Bonchev–Trinajstić information content (AvgIpc) is 2.22. The second-order valence-electron chi connectivity index (χ2n) is 3.42. The molecule has 1 aromatic heterocycles. The first-order chi connectivity index (χ1) is 7.16. The van der Waals surface area contributed by atoms with Crippen LogP contribution in [0.3, 0.4) is 0 Å². The molecule has 2 nitrogen and oxygen atoms in total. The molecule has 1 heterocycles. The minimum atomic E-state index is 0.495. The summed E-state index contributed by atoms with van der Waals surface area (Å²) in [4.78, 5) is 4.26. The van der Waals surface area contributed by atoms with Gasteiger partial charge in [0, 0.05) is 11.3 Å². The molecule has 0 fully saturated rings. The summed E-state index contributed by atoms with van der Waals surface area (Å²) in [5, 5.41) is 0.495. The van der Waals surface area contributed by atoms with Crippen molar-refractivity contribution in [1.82, 2.24) is 4.98 Å². The molecule has 0 unspecified atom stereocenters. The standard InChI is InChI=1S/C12H11ClN2/c1-8-5-6-9(14)7-10(8)11-3-2-4-12(13)15-11/h2-7H,14H2,1H3. The van der Waals surface area contributed by atoms with E-state index in [1.807, 2.05) is 37.3 Å². The van der Waals surface area contributed by atoms with Crippen LogP contribution in [0.4, 0.5) is 5.69 Å². The molecule has 2 N–H and O–H groups in total. The zero-order chi connectivity index (χ0) is 10.8. The minimum absolute atomic E-state index is 0.495. The predicted octanol–water partition coefficient (Wildman–Crippen LogP) is 3.29. The zero-order valence-corrected chi connectivity index (χ0v) is 9.12. The van der Waals surface area contributed by atoms with Crippen molar-refractivity contribution in [3.8, 4) is 11.3 Å². The number of hydrogen-bond acceptors (Lipinski definition) is 2. The number of halogens is 1. The minimum Gasteiger partial charge on any atom is -0.399 e. The van der Waals surface area contributed by atoms with E-state index < -0.39 is 0 Å². The summed E-state index contributed by atoms with van der Waals surface area (Å²) in [7, 11) is 0. The SMILES string of the molecule is Cc1ccc(N)cc1-c1cccc(Cl)n1. The van der Waals surface area contributed by atoms with Gasteiger partial charge in [-0.1, -0.05) is 23.7 Å². The van der Waals surface area contributed by atoms with Gasteiger partial charge in [-0.15, -0.1) is 0 Å². The number of nitrogens with two attached hydrogens (primary N) is 1. The number of aryl methyl sites for hydroxylation is 1. The fraction of sp³-hybridized carbons (Fsp3) is 0.0833. The Kier molecular flexibility index (Phi) is 2.60. The van der Waals surface area contributed by atoms with Crippen molar-refractivity contribution in [2.45, 2.75) is 6.92 Å². The maximum Gasteiger partial charge on any atom is 0.129 e. The Morgan fingerprint density at radius 2 is 2.00 bits per heavy atom. The van der Waals surface area contributed by atoms with E-state index >= 15 is 0 Å². The lowest BCUT2D eigenvalue weighted by atomic mass is 10.0. The van der Waals surface area contributed by atoms with E-state index in [0.29, 0.717) is 5.15 Å². The molecular weight excluding hydrogens is 208 g/mol. The Labute approximate surface area is 93.7 Å². The van der Waals surface area contributed by atoms with Crippen LogP contribution in [0.25, 0.3) is 11.3 Å². The zero-order valence-electron chi connectivity index (χ0n) is 8.37. The molecule has 1 aromatic carbocycles. The van der Waals surface area contributed by atoms with Gasteiger partial charge in [0.15, 0.2) is 0 Å². The van der Waals surface area contributed by atoms with Gasteiger partial charge in [0.2, 0.25) is 0 Å². The molecule has 0 atom stereocenters. The molecule has 0 amide bonds. The first kappa shape index (κ1) is 9.99. The van der Waals surface area contributed by atoms with E-state index in [9.17, 15) is 0 Å². The molecule has 0 radical (unpaired) electrons. The molecule has 0 saturated heterocycles. The summed E-state index contributed by atoms with van der Waals surface area (Å²) in [5.41, 5.74) is 9.49. The largest absolute Gasteiger partial charge is 0.399 e. The number of benzene rings is 1. The maximum absolute atomic E-state index is 5.84. The molecule has 0 aliphatic rings. The first-order valence-electron chi connectivity index (χ1n) is 4.66. The Morgan fingerprint density at radius 1 is 1.20 bits per heavy atom. The lowest BCUT2D eigenvalue weighted by Gasteiger charge is -2.06. The van der Waals surface area contributed by atoms with Crippen molar-refractivity contribution in [3.63, 3.8) is 0 Å². The molecule has 15 heavy (non-hydrogen) atoms. The van der Waals surface area contributed by atoms with Crippen LogP contribution in [0.1, 0.15) is 5.56 Å². The molecule has 76 valence electrons. The molecular formula is C12H11ClN2. The van der Waals surface area contributed by atoms with Crippen molar-refractivity contribution >= 4 is 17.3 Å². The highest BCUT2D eigenvalue weighted by molar-refractivity contribution is 6.29. The van der Waals surface area contributed by atoms with Gasteiger partial charge in [0.25, 0.3) is 0 Å². The van der Waals surface area contributed by atoms with Gasteiger partial charge in [0.05, 0.1) is 5.69 Å². The summed E-state index contributed by atoms with van der Waals surface area (Å²) in [5.74, 6) is 0. The lowest BCUT2D eigenvalue weighted by Crippen LogP contribution is -1.90. The Morgan fingerprint density at radius 3 is 2.73 bits per heavy atom. The highest BCUT2D eigenvalue weighted by atomic mass is 35.5. The summed E-state index contributed by atoms with van der Waals surface area (Å²) in [6, 6.07) is 11.3. The van der Waals surface area contributed by atoms with E-state index in [1.54, 1.807) is 6.07 Å². The van der Waals surface area contributed by atoms with Crippen molar-refractivity contribution in [2.24, 2.45) is 0 Å². The smallest absolute Gasteiger partial charge is 0.129 e. The van der Waals surface area contributed by atoms with Gasteiger partial charge >= 0.3 is 0 Å². The molecule has 2 rings (SSSR count). The topological polar surface area (TPSA) is 38.9 Å². The summed E-state index contributed by atoms with van der Waals surface area (Å²) in [6.07, 6.45) is 0. The van der Waals surface area contributed by atoms with E-state index in [0.717, 1.165) is 22.5 Å². The predicted molar refractivity (Wildman–Crippen MR) is 63.8 cm³/mol. The highest BCUT2D eigenvalue weighted by Crippen LogP contribution is 2.24. The number of anilines is 1. The fourth-order valence-electron chi connectivity index (χ4n) is 1.47. The van der Waals surface area contributed by atoms with Crippen LogP contribution in [-0.2, 0) is 0 Å². The maximum atomic E-state index is 5.84. The van der Waals surface area contributed by atoms with Gasteiger partial charge in [-0.2, -0.15) is 0 Å². The second-order valence-corrected chi connectivity index (χ2v) is 3.81. The number of pyridine rings is 1. The van der Waals surface area contributed by atoms with E-state index in [1.165, 1.54) is 0 Å². The third-order valence-electron chi connectivity index (χ3n) is 2.25. The van der Waals surface area contributed by atoms with Gasteiger partial charge in [-0.25, -0.2) is 4.98 Å². The van der Waals surface area contributed by atoms with Crippen LogP contribution in [0.15, 0.2) is 36.4 Å². The highest BCUT2D eigenvalue weighted by Gasteiger charge is 2.03. The van der Waals surface area contributed by atoms with Crippen LogP contribution in [0.5, 0.6) is 0 Å². The van der Waals surface area contributed by atoms with Crippen molar-refractivity contribution < 1.29 is 0 Å². The van der Waals surface area contributed by atoms with Crippen LogP contribution >= 0.6 is 11.6 Å². The van der Waals surface area contributed by atoms with Crippen LogP contribution in [0.2, 0.25) is 5.15 Å². The Balaban J connectivity index is 2.58. The number of hydrogen-bond donors (Lipinski definition) is 1. The number of rotatable bonds is 1. The Bertz CT molecular complexity index is 495. The second kappa shape index (κ2) is 3.91. The molecule has 3 heteroatoms. The van der Waals surface area contributed by atoms with Crippen molar-refractivity contribution in [3.05, 3.63) is 47.1 Å². The fourth-order valence-corrected chi connectivity index (χ4v) is 1.64. The Hall–Kier alpha value is -1.54. The number of nitrogen functional groups attached to an aromatic ring is 1. The van der Waals surface area contributed by atoms with Gasteiger partial charge in [-0.05, 0) is 36.8 Å². The molecule has 0 aliphatic heterocycles. The van der Waals surface area contributed by atoms with Crippen molar-refractivity contribution in [1.29, 1.82) is 0 Å². The molecule has 0 aliphatic carbocycles. The van der Waals surface area contributed by atoms with Crippen molar-refractivity contribution in [2.75, 3.05) is 5.73 Å². The third-order valence-corrected chi connectivity index (χ3v) is 2.46. The van der Waals surface area contributed by atoms with E-state index in [-0.39, 0.29) is 0 Å².